The van der Waals surface area contributed by atoms with E-state index >= 15 is 0 Å². The van der Waals surface area contributed by atoms with Crippen molar-refractivity contribution >= 4 is 64.0 Å². The number of amides is 1. The van der Waals surface area contributed by atoms with Crippen LogP contribution in [-0.2, 0) is 16.1 Å². The monoisotopic (exact) mass is 695 g/mol. The van der Waals surface area contributed by atoms with Crippen molar-refractivity contribution in [1.82, 2.24) is 10.5 Å². The van der Waals surface area contributed by atoms with Crippen molar-refractivity contribution in [3.05, 3.63) is 80.7 Å². The van der Waals surface area contributed by atoms with Crippen LogP contribution in [0.3, 0.4) is 0 Å². The number of carbonyl (C=O) groups excluding carboxylic acids is 1. The zero-order valence-corrected chi connectivity index (χ0v) is 25.1. The van der Waals surface area contributed by atoms with Crippen LogP contribution in [0.15, 0.2) is 66.7 Å². The lowest BCUT2D eigenvalue weighted by Crippen LogP contribution is -2.34. The van der Waals surface area contributed by atoms with Gasteiger partial charge in [0.1, 0.15) is 5.69 Å². The molecular weight excluding hydrogens is 677 g/mol. The van der Waals surface area contributed by atoms with Gasteiger partial charge in [-0.2, -0.15) is 13.2 Å². The lowest BCUT2D eigenvalue weighted by molar-refractivity contribution is -0.192. The van der Waals surface area contributed by atoms with Crippen molar-refractivity contribution < 1.29 is 41.2 Å². The zero-order chi connectivity index (χ0) is 32.2. The molecule has 0 spiro atoms. The first kappa shape index (κ1) is 33.4. The van der Waals surface area contributed by atoms with Gasteiger partial charge >= 0.3 is 18.0 Å². The van der Waals surface area contributed by atoms with Crippen molar-refractivity contribution in [3.8, 4) is 22.6 Å². The summed E-state index contributed by atoms with van der Waals surface area (Å²) in [7, 11) is 0. The summed E-state index contributed by atoms with van der Waals surface area (Å²) in [6.45, 7) is 0.669. The minimum absolute atomic E-state index is 0.117. The number of carboxylic acid groups (broad SMARTS) is 1. The first-order valence-corrected chi connectivity index (χ1v) is 14.2. The maximum atomic E-state index is 13.0. The van der Waals surface area contributed by atoms with Crippen LogP contribution >= 0.6 is 46.4 Å². The van der Waals surface area contributed by atoms with Gasteiger partial charge in [-0.05, 0) is 43.7 Å². The molecule has 1 fully saturated rings. The van der Waals surface area contributed by atoms with Gasteiger partial charge in [0.05, 0.1) is 22.6 Å². The van der Waals surface area contributed by atoms with Gasteiger partial charge < -0.3 is 28.7 Å². The number of rotatable bonds is 7. The normalized spacial score (nSPS) is 14.8. The van der Waals surface area contributed by atoms with Gasteiger partial charge in [-0.15, -0.1) is 0 Å². The Kier molecular flexibility index (Phi) is 10.7. The zero-order valence-electron chi connectivity index (χ0n) is 22.0. The van der Waals surface area contributed by atoms with Crippen LogP contribution in [0.4, 0.5) is 18.9 Å². The quantitative estimate of drug-likeness (QED) is 0.191. The molecule has 2 aromatic carbocycles. The number of carbonyl (C=O) groups is 2. The van der Waals surface area contributed by atoms with Crippen molar-refractivity contribution in [1.29, 1.82) is 0 Å². The second-order valence-corrected chi connectivity index (χ2v) is 11.1. The molecule has 1 aliphatic heterocycles. The highest BCUT2D eigenvalue weighted by Gasteiger charge is 2.38. The molecule has 17 heteroatoms. The first-order chi connectivity index (χ1) is 20.8. The summed E-state index contributed by atoms with van der Waals surface area (Å²) in [6.07, 6.45) is -3.39. The Hall–Kier alpha value is -3.49. The molecule has 2 N–H and O–H groups in total. The van der Waals surface area contributed by atoms with Gasteiger partial charge in [-0.1, -0.05) is 69.8 Å². The fourth-order valence-corrected chi connectivity index (χ4v) is 5.09. The van der Waals surface area contributed by atoms with Crippen LogP contribution < -0.4 is 16.0 Å². The fourth-order valence-electron chi connectivity index (χ4n) is 4.26. The number of halogens is 7. The third kappa shape index (κ3) is 7.96. The van der Waals surface area contributed by atoms with Crippen LogP contribution in [0, 0.1) is 0 Å². The molecule has 234 valence electrons. The van der Waals surface area contributed by atoms with E-state index in [1.807, 2.05) is 0 Å². The summed E-state index contributed by atoms with van der Waals surface area (Å²) in [6, 6.07) is 13.6. The Balaban J connectivity index is 0.000000566. The summed E-state index contributed by atoms with van der Waals surface area (Å²) in [5.74, 6) is -3.22. The Labute approximate surface area is 266 Å². The fraction of sp³-hybridized carbons (Fsp3) is 0.259. The second kappa shape index (κ2) is 14.1. The Bertz CT molecular complexity index is 1680. The number of anilines is 1. The molecule has 0 radical (unpaired) electrons. The first-order valence-electron chi connectivity index (χ1n) is 12.5. The summed E-state index contributed by atoms with van der Waals surface area (Å²) >= 11 is 24.5. The van der Waals surface area contributed by atoms with Crippen molar-refractivity contribution in [3.63, 3.8) is 0 Å². The summed E-state index contributed by atoms with van der Waals surface area (Å²) < 4.78 is 47.9. The average molecular weight is 697 g/mol. The SMILES string of the molecule is O=C(C(Cl)Cl)N(Cc1oc(=O)oc1C1CCCN1)c1cccc(-c2cc(-c3c(Cl)cccc3Cl)no2)c1.O=C(O)C(F)(F)F. The molecule has 4 aromatic rings. The van der Waals surface area contributed by atoms with E-state index in [1.54, 1.807) is 48.5 Å². The van der Waals surface area contributed by atoms with Gasteiger partial charge in [0, 0.05) is 22.9 Å². The highest BCUT2D eigenvalue weighted by molar-refractivity contribution is 6.54. The van der Waals surface area contributed by atoms with Crippen LogP contribution in [0.5, 0.6) is 0 Å². The Morgan fingerprint density at radius 3 is 2.34 bits per heavy atom. The van der Waals surface area contributed by atoms with Gasteiger partial charge in [0.15, 0.2) is 22.1 Å². The van der Waals surface area contributed by atoms with Crippen LogP contribution in [0.25, 0.3) is 22.6 Å². The molecule has 1 aliphatic rings. The van der Waals surface area contributed by atoms with E-state index in [2.05, 4.69) is 10.5 Å². The van der Waals surface area contributed by atoms with E-state index in [9.17, 15) is 22.8 Å². The summed E-state index contributed by atoms with van der Waals surface area (Å²) in [5, 5.41) is 15.4. The third-order valence-corrected chi connectivity index (χ3v) is 7.22. The molecule has 5 rings (SSSR count). The van der Waals surface area contributed by atoms with Crippen LogP contribution in [0.2, 0.25) is 10.0 Å². The van der Waals surface area contributed by atoms with Crippen molar-refractivity contribution in [2.24, 2.45) is 0 Å². The Morgan fingerprint density at radius 1 is 1.09 bits per heavy atom. The molecule has 3 heterocycles. The molecule has 10 nitrogen and oxygen atoms in total. The smallest absolute Gasteiger partial charge is 0.475 e. The number of nitrogens with zero attached hydrogens (tertiary/aromatic N) is 2. The van der Waals surface area contributed by atoms with Gasteiger partial charge in [-0.3, -0.25) is 4.79 Å². The van der Waals surface area contributed by atoms with Gasteiger partial charge in [0.2, 0.25) is 0 Å². The molecular formula is C27H20Cl4F3N3O7. The van der Waals surface area contributed by atoms with Gasteiger partial charge in [-0.25, -0.2) is 9.59 Å². The molecule has 0 aliphatic carbocycles. The minimum atomic E-state index is -5.08. The predicted octanol–water partition coefficient (Wildman–Crippen LogP) is 7.26. The summed E-state index contributed by atoms with van der Waals surface area (Å²) in [4.78, 5) is 33.8. The van der Waals surface area contributed by atoms with Crippen molar-refractivity contribution in [2.45, 2.75) is 36.4 Å². The highest BCUT2D eigenvalue weighted by atomic mass is 35.5. The van der Waals surface area contributed by atoms with E-state index in [0.29, 0.717) is 44.1 Å². The number of alkyl halides is 5. The van der Waals surface area contributed by atoms with Crippen LogP contribution in [0.1, 0.15) is 30.4 Å². The van der Waals surface area contributed by atoms with Crippen LogP contribution in [-0.4, -0.2) is 39.7 Å². The topological polar surface area (TPSA) is 139 Å². The molecule has 2 aromatic heterocycles. The maximum Gasteiger partial charge on any atom is 0.519 e. The average Bonchev–Trinajstić information content (AvgIpc) is 3.73. The van der Waals surface area contributed by atoms with E-state index in [1.165, 1.54) is 4.90 Å². The van der Waals surface area contributed by atoms with E-state index < -0.39 is 28.7 Å². The largest absolute Gasteiger partial charge is 0.519 e. The van der Waals surface area contributed by atoms with Gasteiger partial charge in [0.25, 0.3) is 5.91 Å². The Morgan fingerprint density at radius 2 is 1.75 bits per heavy atom. The summed E-state index contributed by atoms with van der Waals surface area (Å²) in [5.41, 5.74) is 2.06. The predicted molar refractivity (Wildman–Crippen MR) is 155 cm³/mol. The number of aliphatic carboxylic acids is 1. The highest BCUT2D eigenvalue weighted by Crippen LogP contribution is 2.37. The van der Waals surface area contributed by atoms with E-state index in [0.717, 1.165) is 19.4 Å². The number of aromatic nitrogens is 1. The number of nitrogens with one attached hydrogen (secondary N) is 1. The second-order valence-electron chi connectivity index (χ2n) is 9.14. The number of carboxylic acids is 1. The molecule has 44 heavy (non-hydrogen) atoms. The van der Waals surface area contributed by atoms with Crippen molar-refractivity contribution in [2.75, 3.05) is 11.4 Å². The third-order valence-electron chi connectivity index (χ3n) is 6.22. The molecule has 1 saturated heterocycles. The number of hydrogen-bond acceptors (Lipinski definition) is 8. The lowest BCUT2D eigenvalue weighted by Gasteiger charge is -2.23. The maximum absolute atomic E-state index is 13.0. The van der Waals surface area contributed by atoms with E-state index in [-0.39, 0.29) is 18.3 Å². The number of benzene rings is 2. The molecule has 1 unspecified atom stereocenters. The molecule has 1 amide bonds. The molecule has 0 saturated carbocycles. The lowest BCUT2D eigenvalue weighted by atomic mass is 10.1. The standard InChI is InChI=1S/C25H19Cl4N3O5.C2HF3O2/c26-15-6-2-7-16(27)21(15)18-11-19(37-31-18)13-4-1-5-14(10-13)32(24(33)23(28)29)12-20-22(36-25(34)35-20)17-8-3-9-30-17;3-2(4,5)1(6)7/h1-2,4-7,10-11,17,23,30H,3,8-9,12H2;(H,6,7). The molecule has 0 bridgehead atoms. The minimum Gasteiger partial charge on any atom is -0.475 e. The van der Waals surface area contributed by atoms with E-state index in [4.69, 9.17) is 69.7 Å². The molecule has 1 atom stereocenters. The number of hydrogen-bond donors (Lipinski definition) is 2.